The number of hydrogen-bond acceptors (Lipinski definition) is 2. The van der Waals surface area contributed by atoms with Crippen LogP contribution < -0.4 is 4.90 Å². The SMILES string of the molecule is CCCCN(CC(=O)N1c2ccccc2-n2cccc2C1c1ccccc1)C(=O)C(C)C. The van der Waals surface area contributed by atoms with Gasteiger partial charge in [0, 0.05) is 18.7 Å². The molecule has 4 rings (SSSR count). The summed E-state index contributed by atoms with van der Waals surface area (Å²) in [5, 5.41) is 0. The minimum Gasteiger partial charge on any atom is -0.333 e. The molecule has 0 saturated carbocycles. The fraction of sp³-hybridized carbons (Fsp3) is 0.333. The highest BCUT2D eigenvalue weighted by Gasteiger charge is 2.36. The number of para-hydroxylation sites is 2. The number of benzene rings is 2. The van der Waals surface area contributed by atoms with Gasteiger partial charge in [0.1, 0.15) is 12.6 Å². The van der Waals surface area contributed by atoms with Crippen LogP contribution in [0.4, 0.5) is 5.69 Å². The van der Waals surface area contributed by atoms with Crippen LogP contribution in [0.15, 0.2) is 72.9 Å². The Morgan fingerprint density at radius 3 is 2.31 bits per heavy atom. The molecule has 3 aromatic rings. The maximum absolute atomic E-state index is 13.9. The number of rotatable bonds is 7. The van der Waals surface area contributed by atoms with E-state index >= 15 is 0 Å². The van der Waals surface area contributed by atoms with Gasteiger partial charge >= 0.3 is 0 Å². The van der Waals surface area contributed by atoms with Gasteiger partial charge in [-0.05, 0) is 36.2 Å². The summed E-state index contributed by atoms with van der Waals surface area (Å²) in [6.07, 6.45) is 3.90. The predicted molar refractivity (Wildman–Crippen MR) is 128 cm³/mol. The predicted octanol–water partition coefficient (Wildman–Crippen LogP) is 5.20. The zero-order chi connectivity index (χ0) is 22.7. The van der Waals surface area contributed by atoms with E-state index in [0.717, 1.165) is 35.5 Å². The molecule has 0 fully saturated rings. The molecule has 0 bridgehead atoms. The lowest BCUT2D eigenvalue weighted by Gasteiger charge is -2.39. The lowest BCUT2D eigenvalue weighted by Crippen LogP contribution is -2.47. The van der Waals surface area contributed by atoms with E-state index in [4.69, 9.17) is 0 Å². The number of fused-ring (bicyclic) bond motifs is 3. The van der Waals surface area contributed by atoms with Crippen molar-refractivity contribution < 1.29 is 9.59 Å². The van der Waals surface area contributed by atoms with E-state index in [2.05, 4.69) is 29.7 Å². The third-order valence-corrected chi connectivity index (χ3v) is 6.02. The molecule has 0 saturated heterocycles. The first kappa shape index (κ1) is 21.9. The van der Waals surface area contributed by atoms with Crippen molar-refractivity contribution in [2.75, 3.05) is 18.0 Å². The van der Waals surface area contributed by atoms with Gasteiger partial charge in [-0.3, -0.25) is 14.5 Å². The van der Waals surface area contributed by atoms with Gasteiger partial charge < -0.3 is 9.47 Å². The average molecular weight is 430 g/mol. The zero-order valence-corrected chi connectivity index (χ0v) is 19.1. The Labute approximate surface area is 190 Å². The second kappa shape index (κ2) is 9.43. The van der Waals surface area contributed by atoms with E-state index in [9.17, 15) is 9.59 Å². The van der Waals surface area contributed by atoms with Crippen LogP contribution in [0.5, 0.6) is 0 Å². The summed E-state index contributed by atoms with van der Waals surface area (Å²) in [6.45, 7) is 6.56. The van der Waals surface area contributed by atoms with E-state index < -0.39 is 0 Å². The van der Waals surface area contributed by atoms with Crippen LogP contribution in [0.2, 0.25) is 0 Å². The van der Waals surface area contributed by atoms with Crippen molar-refractivity contribution in [3.05, 3.63) is 84.2 Å². The van der Waals surface area contributed by atoms with Crippen molar-refractivity contribution in [1.82, 2.24) is 9.47 Å². The molecule has 5 nitrogen and oxygen atoms in total. The van der Waals surface area contributed by atoms with Crippen LogP contribution in [-0.2, 0) is 9.59 Å². The summed E-state index contributed by atoms with van der Waals surface area (Å²) in [4.78, 5) is 30.4. The number of unbranched alkanes of at least 4 members (excludes halogenated alkanes) is 1. The van der Waals surface area contributed by atoms with Crippen LogP contribution in [0.1, 0.15) is 50.9 Å². The fourth-order valence-electron chi connectivity index (χ4n) is 4.43. The first-order valence-electron chi connectivity index (χ1n) is 11.4. The average Bonchev–Trinajstić information content (AvgIpc) is 3.30. The van der Waals surface area contributed by atoms with Gasteiger partial charge in [0.15, 0.2) is 0 Å². The Balaban J connectivity index is 1.77. The maximum atomic E-state index is 13.9. The number of nitrogens with zero attached hydrogens (tertiary/aromatic N) is 3. The summed E-state index contributed by atoms with van der Waals surface area (Å²) in [6, 6.07) is 21.9. The van der Waals surface area contributed by atoms with Gasteiger partial charge in [-0.25, -0.2) is 0 Å². The quantitative estimate of drug-likeness (QED) is 0.518. The standard InChI is InChI=1S/C27H31N3O2/c1-4-5-17-28(27(32)20(2)3)19-25(31)30-23-15-10-9-14-22(23)29-18-11-16-24(29)26(30)21-12-7-6-8-13-21/h6-16,18,20,26H,4-5,17,19H2,1-3H3. The van der Waals surface area contributed by atoms with Crippen molar-refractivity contribution in [2.24, 2.45) is 5.92 Å². The van der Waals surface area contributed by atoms with E-state index in [1.807, 2.05) is 73.5 Å². The summed E-state index contributed by atoms with van der Waals surface area (Å²) in [5.74, 6) is -0.184. The van der Waals surface area contributed by atoms with Crippen molar-refractivity contribution in [3.8, 4) is 5.69 Å². The van der Waals surface area contributed by atoms with Gasteiger partial charge in [-0.1, -0.05) is 69.7 Å². The van der Waals surface area contributed by atoms with Crippen molar-refractivity contribution in [1.29, 1.82) is 0 Å². The van der Waals surface area contributed by atoms with E-state index in [1.165, 1.54) is 0 Å². The van der Waals surface area contributed by atoms with Crippen LogP contribution in [-0.4, -0.2) is 34.4 Å². The minimum absolute atomic E-state index is 0.0248. The summed E-state index contributed by atoms with van der Waals surface area (Å²) < 4.78 is 2.16. The highest BCUT2D eigenvalue weighted by molar-refractivity contribution is 6.00. The summed E-state index contributed by atoms with van der Waals surface area (Å²) >= 11 is 0. The molecule has 2 aromatic carbocycles. The molecule has 1 unspecified atom stereocenters. The highest BCUT2D eigenvalue weighted by Crippen LogP contribution is 2.42. The lowest BCUT2D eigenvalue weighted by molar-refractivity contribution is -0.138. The number of carbonyl (C=O) groups is 2. The summed E-state index contributed by atoms with van der Waals surface area (Å²) in [5.41, 5.74) is 3.93. The molecule has 166 valence electrons. The molecule has 32 heavy (non-hydrogen) atoms. The molecule has 0 spiro atoms. The Kier molecular flexibility index (Phi) is 6.45. The van der Waals surface area contributed by atoms with Crippen molar-refractivity contribution in [3.63, 3.8) is 0 Å². The second-order valence-electron chi connectivity index (χ2n) is 8.64. The molecule has 1 aliphatic heterocycles. The largest absolute Gasteiger partial charge is 0.333 e. The second-order valence-corrected chi connectivity index (χ2v) is 8.64. The normalized spacial score (nSPS) is 14.8. The molecule has 1 atom stereocenters. The topological polar surface area (TPSA) is 45.6 Å². The number of aromatic nitrogens is 1. The van der Waals surface area contributed by atoms with Gasteiger partial charge in [0.2, 0.25) is 11.8 Å². The number of carbonyl (C=O) groups excluding carboxylic acids is 2. The van der Waals surface area contributed by atoms with Crippen LogP contribution in [0.3, 0.4) is 0 Å². The number of hydrogen-bond donors (Lipinski definition) is 0. The number of anilines is 1. The van der Waals surface area contributed by atoms with Crippen LogP contribution in [0.25, 0.3) is 5.69 Å². The van der Waals surface area contributed by atoms with Gasteiger partial charge in [-0.2, -0.15) is 0 Å². The summed E-state index contributed by atoms with van der Waals surface area (Å²) in [7, 11) is 0. The third-order valence-electron chi connectivity index (χ3n) is 6.02. The zero-order valence-electron chi connectivity index (χ0n) is 19.1. The Morgan fingerprint density at radius 2 is 1.62 bits per heavy atom. The maximum Gasteiger partial charge on any atom is 0.247 e. The molecule has 0 radical (unpaired) electrons. The lowest BCUT2D eigenvalue weighted by atomic mass is 9.97. The van der Waals surface area contributed by atoms with Gasteiger partial charge in [0.05, 0.1) is 17.1 Å². The van der Waals surface area contributed by atoms with Crippen molar-refractivity contribution in [2.45, 2.75) is 39.7 Å². The Bertz CT molecular complexity index is 1090. The fourth-order valence-corrected chi connectivity index (χ4v) is 4.43. The molecular formula is C27H31N3O2. The molecule has 1 aliphatic rings. The minimum atomic E-state index is -0.254. The first-order chi connectivity index (χ1) is 15.5. The van der Waals surface area contributed by atoms with E-state index in [1.54, 1.807) is 4.90 Å². The van der Waals surface area contributed by atoms with Gasteiger partial charge in [-0.15, -0.1) is 0 Å². The smallest absolute Gasteiger partial charge is 0.247 e. The monoisotopic (exact) mass is 429 g/mol. The molecule has 0 aliphatic carbocycles. The van der Waals surface area contributed by atoms with E-state index in [-0.39, 0.29) is 30.3 Å². The Morgan fingerprint density at radius 1 is 0.938 bits per heavy atom. The van der Waals surface area contributed by atoms with Crippen LogP contribution in [0, 0.1) is 5.92 Å². The molecule has 1 aromatic heterocycles. The Hall–Kier alpha value is -3.34. The molecule has 2 heterocycles. The highest BCUT2D eigenvalue weighted by atomic mass is 16.2. The molecule has 2 amide bonds. The van der Waals surface area contributed by atoms with Crippen LogP contribution >= 0.6 is 0 Å². The molecule has 5 heteroatoms. The third kappa shape index (κ3) is 4.07. The molecular weight excluding hydrogens is 398 g/mol. The number of amides is 2. The first-order valence-corrected chi connectivity index (χ1v) is 11.4. The molecule has 0 N–H and O–H groups in total. The van der Waals surface area contributed by atoms with Crippen molar-refractivity contribution >= 4 is 17.5 Å². The van der Waals surface area contributed by atoms with Gasteiger partial charge in [0.25, 0.3) is 0 Å². The van der Waals surface area contributed by atoms with E-state index in [0.29, 0.717) is 6.54 Å².